The van der Waals surface area contributed by atoms with E-state index in [-0.39, 0.29) is 30.3 Å². The van der Waals surface area contributed by atoms with Crippen molar-refractivity contribution in [1.29, 1.82) is 0 Å². The highest BCUT2D eigenvalue weighted by Crippen LogP contribution is 2.31. The highest BCUT2D eigenvalue weighted by atomic mass is 35.5. The zero-order valence-corrected chi connectivity index (χ0v) is 18.2. The van der Waals surface area contributed by atoms with Gasteiger partial charge in [-0.15, -0.1) is 24.2 Å². The number of hydrogen-bond acceptors (Lipinski definition) is 4. The average molecular weight is 426 g/mol. The standard InChI is InChI=1S/C21H31N3O2S.ClH/c1-24(16-7-3-2-4-8-16)20(25)14-27-19-10-6-5-9-17(19)21(26)23-13-18(22)15-11-12-15;/h5-6,9-10,15-16,18H,2-4,7-8,11-14,22H2,1H3,(H,23,26);1H. The second-order valence-electron chi connectivity index (χ2n) is 7.79. The largest absolute Gasteiger partial charge is 0.350 e. The Labute approximate surface area is 178 Å². The van der Waals surface area contributed by atoms with Crippen LogP contribution in [0.5, 0.6) is 0 Å². The van der Waals surface area contributed by atoms with Crippen LogP contribution >= 0.6 is 24.2 Å². The van der Waals surface area contributed by atoms with Crippen LogP contribution in [0.1, 0.15) is 55.3 Å². The number of amides is 2. The SMILES string of the molecule is CN(C(=O)CSc1ccccc1C(=O)NCC(N)C1CC1)C1CCCCC1.Cl. The fourth-order valence-electron chi connectivity index (χ4n) is 3.69. The molecule has 1 aromatic carbocycles. The van der Waals surface area contributed by atoms with Crippen LogP contribution in [0.25, 0.3) is 0 Å². The maximum atomic E-state index is 12.6. The minimum absolute atomic E-state index is 0. The Morgan fingerprint density at radius 3 is 2.54 bits per heavy atom. The smallest absolute Gasteiger partial charge is 0.252 e. The quantitative estimate of drug-likeness (QED) is 0.625. The molecule has 28 heavy (non-hydrogen) atoms. The Morgan fingerprint density at radius 2 is 1.86 bits per heavy atom. The molecular formula is C21H32ClN3O2S. The van der Waals surface area contributed by atoms with Crippen LogP contribution in [0, 0.1) is 5.92 Å². The summed E-state index contributed by atoms with van der Waals surface area (Å²) in [6, 6.07) is 7.90. The van der Waals surface area contributed by atoms with E-state index in [1.807, 2.05) is 36.2 Å². The molecule has 3 rings (SSSR count). The van der Waals surface area contributed by atoms with Crippen LogP contribution in [0.3, 0.4) is 0 Å². The van der Waals surface area contributed by atoms with Gasteiger partial charge in [0.2, 0.25) is 5.91 Å². The van der Waals surface area contributed by atoms with Gasteiger partial charge >= 0.3 is 0 Å². The van der Waals surface area contributed by atoms with Gasteiger partial charge in [-0.05, 0) is 43.7 Å². The summed E-state index contributed by atoms with van der Waals surface area (Å²) >= 11 is 1.45. The summed E-state index contributed by atoms with van der Waals surface area (Å²) in [5.41, 5.74) is 6.70. The number of rotatable bonds is 8. The van der Waals surface area contributed by atoms with Crippen LogP contribution in [0.2, 0.25) is 0 Å². The van der Waals surface area contributed by atoms with Gasteiger partial charge in [-0.25, -0.2) is 0 Å². The summed E-state index contributed by atoms with van der Waals surface area (Å²) in [5.74, 6) is 0.946. The van der Waals surface area contributed by atoms with Crippen molar-refractivity contribution in [3.05, 3.63) is 29.8 Å². The molecule has 0 saturated heterocycles. The molecule has 0 aromatic heterocycles. The number of nitrogens with one attached hydrogen (secondary N) is 1. The summed E-state index contributed by atoms with van der Waals surface area (Å²) < 4.78 is 0. The Kier molecular flexibility index (Phi) is 9.12. The number of hydrogen-bond donors (Lipinski definition) is 2. The summed E-state index contributed by atoms with van der Waals surface area (Å²) in [7, 11) is 1.91. The fraction of sp³-hybridized carbons (Fsp3) is 0.619. The van der Waals surface area contributed by atoms with Crippen molar-refractivity contribution in [2.45, 2.75) is 61.9 Å². The van der Waals surface area contributed by atoms with Gasteiger partial charge in [-0.3, -0.25) is 9.59 Å². The molecule has 0 radical (unpaired) electrons. The molecule has 2 amide bonds. The normalized spacial score (nSPS) is 18.1. The molecule has 2 aliphatic rings. The van der Waals surface area contributed by atoms with Crippen LogP contribution in [0.15, 0.2) is 29.2 Å². The molecule has 0 bridgehead atoms. The van der Waals surface area contributed by atoms with E-state index in [0.29, 0.717) is 29.8 Å². The van der Waals surface area contributed by atoms with Gasteiger partial charge in [0.25, 0.3) is 5.91 Å². The third-order valence-corrected chi connectivity index (χ3v) is 6.78. The summed E-state index contributed by atoms with van der Waals surface area (Å²) in [5, 5.41) is 2.95. The summed E-state index contributed by atoms with van der Waals surface area (Å²) in [6.45, 7) is 0.506. The Bertz CT molecular complexity index is 663. The lowest BCUT2D eigenvalue weighted by Crippen LogP contribution is -2.39. The lowest BCUT2D eigenvalue weighted by atomic mass is 9.94. The van der Waals surface area contributed by atoms with Crippen molar-refractivity contribution in [1.82, 2.24) is 10.2 Å². The Balaban J connectivity index is 0.00000280. The number of carbonyl (C=O) groups is 2. The maximum absolute atomic E-state index is 12.6. The monoisotopic (exact) mass is 425 g/mol. The molecule has 2 aliphatic carbocycles. The number of halogens is 1. The third kappa shape index (κ3) is 6.39. The predicted molar refractivity (Wildman–Crippen MR) is 117 cm³/mol. The molecule has 1 atom stereocenters. The number of benzene rings is 1. The van der Waals surface area contributed by atoms with E-state index >= 15 is 0 Å². The summed E-state index contributed by atoms with van der Waals surface area (Å²) in [6.07, 6.45) is 8.24. The molecule has 2 fully saturated rings. The van der Waals surface area contributed by atoms with Gasteiger partial charge in [0.1, 0.15) is 0 Å². The molecule has 1 unspecified atom stereocenters. The van der Waals surface area contributed by atoms with Crippen molar-refractivity contribution in [3.8, 4) is 0 Å². The second-order valence-corrected chi connectivity index (χ2v) is 8.81. The third-order valence-electron chi connectivity index (χ3n) is 5.72. The molecule has 3 N–H and O–H groups in total. The first-order valence-electron chi connectivity index (χ1n) is 10.1. The molecule has 0 aliphatic heterocycles. The van der Waals surface area contributed by atoms with Gasteiger partial charge in [0.15, 0.2) is 0 Å². The number of nitrogens with two attached hydrogens (primary N) is 1. The number of carbonyl (C=O) groups excluding carboxylic acids is 2. The van der Waals surface area contributed by atoms with E-state index in [9.17, 15) is 9.59 Å². The second kappa shape index (κ2) is 11.1. The highest BCUT2D eigenvalue weighted by Gasteiger charge is 2.28. The Morgan fingerprint density at radius 1 is 1.18 bits per heavy atom. The number of thioether (sulfide) groups is 1. The minimum atomic E-state index is -0.109. The zero-order valence-electron chi connectivity index (χ0n) is 16.6. The molecule has 5 nitrogen and oxygen atoms in total. The first-order chi connectivity index (χ1) is 13.1. The van der Waals surface area contributed by atoms with Crippen LogP contribution in [0.4, 0.5) is 0 Å². The van der Waals surface area contributed by atoms with Gasteiger partial charge in [-0.2, -0.15) is 0 Å². The van der Waals surface area contributed by atoms with E-state index in [4.69, 9.17) is 5.73 Å². The first kappa shape index (κ1) is 23.0. The average Bonchev–Trinajstić information content (AvgIpc) is 3.55. The highest BCUT2D eigenvalue weighted by molar-refractivity contribution is 8.00. The van der Waals surface area contributed by atoms with E-state index in [0.717, 1.165) is 17.7 Å². The minimum Gasteiger partial charge on any atom is -0.350 e. The first-order valence-corrected chi connectivity index (χ1v) is 11.1. The molecule has 0 heterocycles. The van der Waals surface area contributed by atoms with E-state index in [1.165, 1.54) is 43.9 Å². The van der Waals surface area contributed by atoms with E-state index < -0.39 is 0 Å². The van der Waals surface area contributed by atoms with Gasteiger partial charge in [-0.1, -0.05) is 31.4 Å². The molecular weight excluding hydrogens is 394 g/mol. The lowest BCUT2D eigenvalue weighted by molar-refractivity contribution is -0.129. The van der Waals surface area contributed by atoms with Crippen LogP contribution in [-0.4, -0.2) is 48.1 Å². The molecule has 2 saturated carbocycles. The van der Waals surface area contributed by atoms with Crippen molar-refractivity contribution >= 4 is 36.0 Å². The Hall–Kier alpha value is -1.24. The van der Waals surface area contributed by atoms with Gasteiger partial charge in [0.05, 0.1) is 11.3 Å². The molecule has 156 valence electrons. The molecule has 0 spiro atoms. The lowest BCUT2D eigenvalue weighted by Gasteiger charge is -2.31. The van der Waals surface area contributed by atoms with Crippen LogP contribution < -0.4 is 11.1 Å². The topological polar surface area (TPSA) is 75.4 Å². The zero-order chi connectivity index (χ0) is 19.2. The van der Waals surface area contributed by atoms with Gasteiger partial charge in [0, 0.05) is 30.6 Å². The van der Waals surface area contributed by atoms with Crippen LogP contribution in [-0.2, 0) is 4.79 Å². The van der Waals surface area contributed by atoms with Gasteiger partial charge < -0.3 is 16.0 Å². The van der Waals surface area contributed by atoms with Crippen molar-refractivity contribution < 1.29 is 9.59 Å². The van der Waals surface area contributed by atoms with E-state index in [1.54, 1.807) is 0 Å². The van der Waals surface area contributed by atoms with Crippen molar-refractivity contribution in [3.63, 3.8) is 0 Å². The van der Waals surface area contributed by atoms with E-state index in [2.05, 4.69) is 5.32 Å². The van der Waals surface area contributed by atoms with Crippen molar-refractivity contribution in [2.75, 3.05) is 19.3 Å². The fourth-order valence-corrected chi connectivity index (χ4v) is 4.66. The summed E-state index contributed by atoms with van der Waals surface area (Å²) in [4.78, 5) is 27.9. The number of nitrogens with zero attached hydrogens (tertiary/aromatic N) is 1. The molecule has 1 aromatic rings. The predicted octanol–water partition coefficient (Wildman–Crippen LogP) is 3.46. The maximum Gasteiger partial charge on any atom is 0.252 e. The molecule has 7 heteroatoms. The van der Waals surface area contributed by atoms with Crippen molar-refractivity contribution in [2.24, 2.45) is 11.7 Å².